The van der Waals surface area contributed by atoms with Gasteiger partial charge in [0.2, 0.25) is 6.79 Å². The normalized spacial score (nSPS) is 13.7. The van der Waals surface area contributed by atoms with Gasteiger partial charge < -0.3 is 24.5 Å². The third kappa shape index (κ3) is 4.45. The van der Waals surface area contributed by atoms with Crippen LogP contribution in [0.4, 0.5) is 4.79 Å². The van der Waals surface area contributed by atoms with Crippen molar-refractivity contribution in [3.8, 4) is 11.5 Å². The van der Waals surface area contributed by atoms with Crippen LogP contribution in [0.25, 0.3) is 0 Å². The summed E-state index contributed by atoms with van der Waals surface area (Å²) >= 11 is 0. The van der Waals surface area contributed by atoms with Crippen molar-refractivity contribution in [1.29, 1.82) is 0 Å². The molecule has 2 amide bonds. The third-order valence-electron chi connectivity index (χ3n) is 4.09. The van der Waals surface area contributed by atoms with E-state index in [2.05, 4.69) is 10.6 Å². The molecule has 0 fully saturated rings. The number of amides is 2. The molecular formula is C18H23N3O4. The molecule has 1 aliphatic heterocycles. The number of carbonyl (C=O) groups excluding carboxylic acids is 1. The molecule has 0 aliphatic carbocycles. The Morgan fingerprint density at radius 2 is 2.04 bits per heavy atom. The van der Waals surface area contributed by atoms with Gasteiger partial charge in [-0.2, -0.15) is 0 Å². The first-order valence-electron chi connectivity index (χ1n) is 8.23. The Bertz CT molecular complexity index is 700. The van der Waals surface area contributed by atoms with Crippen molar-refractivity contribution in [3.63, 3.8) is 0 Å². The molecule has 1 aromatic carbocycles. The van der Waals surface area contributed by atoms with Gasteiger partial charge in [0.1, 0.15) is 5.76 Å². The van der Waals surface area contributed by atoms with Crippen LogP contribution in [-0.2, 0) is 6.42 Å². The summed E-state index contributed by atoms with van der Waals surface area (Å²) in [6, 6.07) is 9.37. The summed E-state index contributed by atoms with van der Waals surface area (Å²) < 4.78 is 16.1. The first-order chi connectivity index (χ1) is 12.1. The fourth-order valence-electron chi connectivity index (χ4n) is 2.69. The second-order valence-corrected chi connectivity index (χ2v) is 6.07. The SMILES string of the molecule is CN(C)[C@@H](CNC(=O)NCCc1ccc2c(c1)OCO2)c1ccco1. The van der Waals surface area contributed by atoms with Gasteiger partial charge in [-0.05, 0) is 50.3 Å². The van der Waals surface area contributed by atoms with Crippen molar-refractivity contribution in [2.45, 2.75) is 12.5 Å². The molecule has 1 aliphatic rings. The standard InChI is InChI=1S/C18H23N3O4/c1-21(2)14(15-4-3-9-23-15)11-20-18(22)19-8-7-13-5-6-16-17(10-13)25-12-24-16/h3-6,9-10,14H,7-8,11-12H2,1-2H3,(H2,19,20,22)/t14-/m0/s1. The molecule has 7 nitrogen and oxygen atoms in total. The molecule has 0 saturated carbocycles. The van der Waals surface area contributed by atoms with E-state index >= 15 is 0 Å². The predicted octanol–water partition coefficient (Wildman–Crippen LogP) is 2.15. The Hall–Kier alpha value is -2.67. The lowest BCUT2D eigenvalue weighted by Crippen LogP contribution is -2.41. The second kappa shape index (κ2) is 7.94. The highest BCUT2D eigenvalue weighted by atomic mass is 16.7. The van der Waals surface area contributed by atoms with Crippen LogP contribution in [0.3, 0.4) is 0 Å². The van der Waals surface area contributed by atoms with Crippen molar-refractivity contribution < 1.29 is 18.7 Å². The number of hydrogen-bond donors (Lipinski definition) is 2. The average Bonchev–Trinajstić information content (AvgIpc) is 3.25. The number of carbonyl (C=O) groups is 1. The van der Waals surface area contributed by atoms with Gasteiger partial charge >= 0.3 is 6.03 Å². The fourth-order valence-corrected chi connectivity index (χ4v) is 2.69. The Morgan fingerprint density at radius 1 is 1.20 bits per heavy atom. The van der Waals surface area contributed by atoms with Gasteiger partial charge in [0.15, 0.2) is 11.5 Å². The number of ether oxygens (including phenoxy) is 2. The van der Waals surface area contributed by atoms with E-state index in [0.29, 0.717) is 13.1 Å². The van der Waals surface area contributed by atoms with Gasteiger partial charge in [0.25, 0.3) is 0 Å². The Morgan fingerprint density at radius 3 is 2.80 bits per heavy atom. The zero-order valence-electron chi connectivity index (χ0n) is 14.5. The number of fused-ring (bicyclic) bond motifs is 1. The molecule has 3 rings (SSSR count). The zero-order valence-corrected chi connectivity index (χ0v) is 14.5. The van der Waals surface area contributed by atoms with E-state index < -0.39 is 0 Å². The van der Waals surface area contributed by atoms with Gasteiger partial charge in [-0.3, -0.25) is 4.90 Å². The van der Waals surface area contributed by atoms with Crippen molar-refractivity contribution in [3.05, 3.63) is 47.9 Å². The molecule has 25 heavy (non-hydrogen) atoms. The molecule has 7 heteroatoms. The number of hydrogen-bond acceptors (Lipinski definition) is 5. The topological polar surface area (TPSA) is 76.0 Å². The van der Waals surface area contributed by atoms with Gasteiger partial charge in [-0.15, -0.1) is 0 Å². The highest BCUT2D eigenvalue weighted by Crippen LogP contribution is 2.32. The minimum Gasteiger partial charge on any atom is -0.468 e. The quantitative estimate of drug-likeness (QED) is 0.804. The van der Waals surface area contributed by atoms with E-state index in [1.807, 2.05) is 49.3 Å². The number of urea groups is 1. The van der Waals surface area contributed by atoms with E-state index in [0.717, 1.165) is 29.2 Å². The fraction of sp³-hybridized carbons (Fsp3) is 0.389. The van der Waals surface area contributed by atoms with Crippen LogP contribution in [0.1, 0.15) is 17.4 Å². The lowest BCUT2D eigenvalue weighted by molar-refractivity contribution is 0.174. The van der Waals surface area contributed by atoms with Crippen LogP contribution >= 0.6 is 0 Å². The molecule has 0 radical (unpaired) electrons. The van der Waals surface area contributed by atoms with Crippen molar-refractivity contribution in [2.24, 2.45) is 0 Å². The predicted molar refractivity (Wildman–Crippen MR) is 92.8 cm³/mol. The van der Waals surface area contributed by atoms with Crippen LogP contribution in [-0.4, -0.2) is 44.9 Å². The summed E-state index contributed by atoms with van der Waals surface area (Å²) in [5.74, 6) is 2.35. The first kappa shape index (κ1) is 17.2. The molecular weight excluding hydrogens is 322 g/mol. The number of benzene rings is 1. The molecule has 2 aromatic rings. The van der Waals surface area contributed by atoms with E-state index in [1.165, 1.54) is 0 Å². The number of furan rings is 1. The summed E-state index contributed by atoms with van der Waals surface area (Å²) in [5.41, 5.74) is 1.09. The molecule has 0 unspecified atom stereocenters. The van der Waals surface area contributed by atoms with Gasteiger partial charge in [-0.1, -0.05) is 6.07 Å². The number of nitrogens with one attached hydrogen (secondary N) is 2. The smallest absolute Gasteiger partial charge is 0.314 e. The van der Waals surface area contributed by atoms with E-state index in [1.54, 1.807) is 6.26 Å². The lowest BCUT2D eigenvalue weighted by Gasteiger charge is -2.22. The molecule has 1 aromatic heterocycles. The van der Waals surface area contributed by atoms with Gasteiger partial charge in [0, 0.05) is 13.1 Å². The molecule has 0 saturated heterocycles. The van der Waals surface area contributed by atoms with Crippen LogP contribution in [0.5, 0.6) is 11.5 Å². The zero-order chi connectivity index (χ0) is 17.6. The van der Waals surface area contributed by atoms with Crippen LogP contribution in [0, 0.1) is 0 Å². The Balaban J connectivity index is 1.42. The van der Waals surface area contributed by atoms with Crippen LogP contribution < -0.4 is 20.1 Å². The highest BCUT2D eigenvalue weighted by Gasteiger charge is 2.17. The Kier molecular flexibility index (Phi) is 5.45. The van der Waals surface area contributed by atoms with Crippen LogP contribution in [0.2, 0.25) is 0 Å². The van der Waals surface area contributed by atoms with Gasteiger partial charge in [0.05, 0.1) is 12.3 Å². The van der Waals surface area contributed by atoms with Crippen molar-refractivity contribution >= 4 is 6.03 Å². The maximum Gasteiger partial charge on any atom is 0.314 e. The van der Waals surface area contributed by atoms with E-state index in [-0.39, 0.29) is 18.9 Å². The van der Waals surface area contributed by atoms with Crippen molar-refractivity contribution in [2.75, 3.05) is 34.0 Å². The number of likely N-dealkylation sites (N-methyl/N-ethyl adjacent to an activating group) is 1. The second-order valence-electron chi connectivity index (χ2n) is 6.07. The summed E-state index contributed by atoms with van der Waals surface area (Å²) in [4.78, 5) is 14.0. The largest absolute Gasteiger partial charge is 0.468 e. The minimum absolute atomic E-state index is 0.00499. The van der Waals surface area contributed by atoms with Crippen LogP contribution in [0.15, 0.2) is 41.0 Å². The van der Waals surface area contributed by atoms with E-state index in [9.17, 15) is 4.79 Å². The summed E-state index contributed by atoms with van der Waals surface area (Å²) in [5, 5.41) is 5.75. The summed E-state index contributed by atoms with van der Waals surface area (Å²) in [6.07, 6.45) is 2.36. The molecule has 2 N–H and O–H groups in total. The molecule has 0 bridgehead atoms. The lowest BCUT2D eigenvalue weighted by atomic mass is 10.1. The third-order valence-corrected chi connectivity index (χ3v) is 4.09. The average molecular weight is 345 g/mol. The molecule has 134 valence electrons. The van der Waals surface area contributed by atoms with Gasteiger partial charge in [-0.25, -0.2) is 4.79 Å². The highest BCUT2D eigenvalue weighted by molar-refractivity contribution is 5.73. The summed E-state index contributed by atoms with van der Waals surface area (Å²) in [7, 11) is 3.90. The maximum absolute atomic E-state index is 12.0. The Labute approximate surface area is 146 Å². The molecule has 2 heterocycles. The maximum atomic E-state index is 12.0. The van der Waals surface area contributed by atoms with E-state index in [4.69, 9.17) is 13.9 Å². The molecule has 1 atom stereocenters. The minimum atomic E-state index is -0.195. The molecule has 0 spiro atoms. The first-order valence-corrected chi connectivity index (χ1v) is 8.23. The van der Waals surface area contributed by atoms with Crippen molar-refractivity contribution in [1.82, 2.24) is 15.5 Å². The number of nitrogens with zero attached hydrogens (tertiary/aromatic N) is 1. The summed E-state index contributed by atoms with van der Waals surface area (Å²) in [6.45, 7) is 1.28. The monoisotopic (exact) mass is 345 g/mol. The number of rotatable bonds is 7.